The van der Waals surface area contributed by atoms with Gasteiger partial charge in [-0.1, -0.05) is 12.1 Å². The minimum Gasteiger partial charge on any atom is -0.397 e. The van der Waals surface area contributed by atoms with E-state index in [9.17, 15) is 8.42 Å². The van der Waals surface area contributed by atoms with Gasteiger partial charge in [-0.15, -0.1) is 0 Å². The Balaban J connectivity index is 1.86. The predicted molar refractivity (Wildman–Crippen MR) is 83.7 cm³/mol. The maximum atomic E-state index is 12.9. The van der Waals surface area contributed by atoms with E-state index in [1.165, 1.54) is 12.8 Å². The molecule has 2 fully saturated rings. The van der Waals surface area contributed by atoms with Crippen molar-refractivity contribution in [3.05, 3.63) is 23.3 Å². The van der Waals surface area contributed by atoms with Crippen LogP contribution in [0.25, 0.3) is 0 Å². The van der Waals surface area contributed by atoms with Gasteiger partial charge >= 0.3 is 0 Å². The summed E-state index contributed by atoms with van der Waals surface area (Å²) >= 11 is 0. The first-order valence-corrected chi connectivity index (χ1v) is 8.95. The minimum absolute atomic E-state index is 0.294. The molecule has 1 aromatic rings. The molecule has 21 heavy (non-hydrogen) atoms. The Hall–Kier alpha value is -1.11. The summed E-state index contributed by atoms with van der Waals surface area (Å²) in [6.07, 6.45) is 2.52. The number of sulfonamides is 1. The number of rotatable bonds is 3. The van der Waals surface area contributed by atoms with Crippen LogP contribution < -0.4 is 5.73 Å². The first-order chi connectivity index (χ1) is 9.91. The van der Waals surface area contributed by atoms with E-state index in [1.54, 1.807) is 4.31 Å². The molecule has 2 N–H and O–H groups in total. The third-order valence-electron chi connectivity index (χ3n) is 4.55. The number of aryl methyl sites for hydroxylation is 2. The summed E-state index contributed by atoms with van der Waals surface area (Å²) in [6.45, 7) is 6.43. The first-order valence-electron chi connectivity index (χ1n) is 7.51. The molecule has 0 bridgehead atoms. The van der Waals surface area contributed by atoms with Crippen LogP contribution in [0.15, 0.2) is 17.0 Å². The summed E-state index contributed by atoms with van der Waals surface area (Å²) in [4.78, 5) is 2.70. The highest BCUT2D eigenvalue weighted by molar-refractivity contribution is 7.89. The largest absolute Gasteiger partial charge is 0.397 e. The number of piperazine rings is 1. The smallest absolute Gasteiger partial charge is 0.245 e. The Labute approximate surface area is 126 Å². The lowest BCUT2D eigenvalue weighted by atomic mass is 10.1. The number of hydrogen-bond donors (Lipinski definition) is 1. The molecule has 1 aliphatic heterocycles. The van der Waals surface area contributed by atoms with Crippen molar-refractivity contribution in [2.45, 2.75) is 37.6 Å². The third-order valence-corrected chi connectivity index (χ3v) is 6.65. The van der Waals surface area contributed by atoms with Gasteiger partial charge in [0.2, 0.25) is 10.0 Å². The molecule has 3 rings (SSSR count). The third kappa shape index (κ3) is 2.67. The molecule has 0 spiro atoms. The van der Waals surface area contributed by atoms with Crippen LogP contribution in [0.5, 0.6) is 0 Å². The Morgan fingerprint density at radius 1 is 1.05 bits per heavy atom. The zero-order chi connectivity index (χ0) is 15.2. The van der Waals surface area contributed by atoms with E-state index in [0.29, 0.717) is 29.7 Å². The van der Waals surface area contributed by atoms with Crippen LogP contribution in [0.2, 0.25) is 0 Å². The number of nitrogens with two attached hydrogens (primary N) is 1. The van der Waals surface area contributed by atoms with Crippen molar-refractivity contribution in [2.75, 3.05) is 31.9 Å². The molecule has 0 aromatic heterocycles. The molecule has 0 amide bonds. The summed E-state index contributed by atoms with van der Waals surface area (Å²) in [5, 5.41) is 0. The normalized spacial score (nSPS) is 21.6. The first kappa shape index (κ1) is 14.8. The summed E-state index contributed by atoms with van der Waals surface area (Å²) in [7, 11) is -3.49. The molecule has 1 saturated heterocycles. The SMILES string of the molecule is Cc1ccc(C)c(S(=O)(=O)N2CCN(C3CC3)CC2)c1N. The zero-order valence-electron chi connectivity index (χ0n) is 12.7. The van der Waals surface area contributed by atoms with Gasteiger partial charge in [-0.25, -0.2) is 8.42 Å². The van der Waals surface area contributed by atoms with Gasteiger partial charge in [0.25, 0.3) is 0 Å². The molecular formula is C15H23N3O2S. The molecule has 1 aliphatic carbocycles. The number of benzene rings is 1. The number of anilines is 1. The highest BCUT2D eigenvalue weighted by atomic mass is 32.2. The number of nitrogen functional groups attached to an aromatic ring is 1. The quantitative estimate of drug-likeness (QED) is 0.856. The fraction of sp³-hybridized carbons (Fsp3) is 0.600. The van der Waals surface area contributed by atoms with Gasteiger partial charge in [0, 0.05) is 32.2 Å². The van der Waals surface area contributed by atoms with E-state index in [2.05, 4.69) is 4.90 Å². The van der Waals surface area contributed by atoms with Gasteiger partial charge in [-0.2, -0.15) is 4.31 Å². The van der Waals surface area contributed by atoms with Gasteiger partial charge in [0.1, 0.15) is 4.90 Å². The maximum Gasteiger partial charge on any atom is 0.245 e. The van der Waals surface area contributed by atoms with E-state index in [1.807, 2.05) is 26.0 Å². The molecular weight excluding hydrogens is 286 g/mol. The predicted octanol–water partition coefficient (Wildman–Crippen LogP) is 1.35. The van der Waals surface area contributed by atoms with Crippen molar-refractivity contribution in [2.24, 2.45) is 0 Å². The number of hydrogen-bond acceptors (Lipinski definition) is 4. The molecule has 6 heteroatoms. The van der Waals surface area contributed by atoms with Gasteiger partial charge in [-0.3, -0.25) is 4.90 Å². The van der Waals surface area contributed by atoms with Crippen molar-refractivity contribution < 1.29 is 8.42 Å². The standard InChI is InChI=1S/C15H23N3O2S/c1-11-3-4-12(2)15(14(11)16)21(19,20)18-9-7-17(8-10-18)13-5-6-13/h3-4,13H,5-10,16H2,1-2H3. The second-order valence-corrected chi connectivity index (χ2v) is 7.99. The Bertz CT molecular complexity index is 645. The lowest BCUT2D eigenvalue weighted by Gasteiger charge is -2.34. The Kier molecular flexibility index (Phi) is 3.71. The fourth-order valence-corrected chi connectivity index (χ4v) is 4.84. The van der Waals surface area contributed by atoms with Gasteiger partial charge in [0.05, 0.1) is 5.69 Å². The van der Waals surface area contributed by atoms with Crippen LogP contribution in [-0.4, -0.2) is 49.8 Å². The highest BCUT2D eigenvalue weighted by Crippen LogP contribution is 2.31. The fourth-order valence-electron chi connectivity index (χ4n) is 3.03. The summed E-state index contributed by atoms with van der Waals surface area (Å²) in [6, 6.07) is 4.40. The van der Waals surface area contributed by atoms with E-state index < -0.39 is 10.0 Å². The molecule has 1 saturated carbocycles. The summed E-state index contributed by atoms with van der Waals surface area (Å²) < 4.78 is 27.4. The lowest BCUT2D eigenvalue weighted by Crippen LogP contribution is -2.49. The molecule has 0 atom stereocenters. The molecule has 5 nitrogen and oxygen atoms in total. The topological polar surface area (TPSA) is 66.6 Å². The van der Waals surface area contributed by atoms with Crippen LogP contribution in [0, 0.1) is 13.8 Å². The van der Waals surface area contributed by atoms with Crippen molar-refractivity contribution in [1.29, 1.82) is 0 Å². The van der Waals surface area contributed by atoms with E-state index >= 15 is 0 Å². The summed E-state index contributed by atoms with van der Waals surface area (Å²) in [5.74, 6) is 0. The van der Waals surface area contributed by atoms with E-state index in [-0.39, 0.29) is 0 Å². The average Bonchev–Trinajstić information content (AvgIpc) is 3.28. The van der Waals surface area contributed by atoms with Crippen molar-refractivity contribution in [3.63, 3.8) is 0 Å². The molecule has 1 aromatic carbocycles. The zero-order valence-corrected chi connectivity index (χ0v) is 13.5. The Morgan fingerprint density at radius 2 is 1.62 bits per heavy atom. The van der Waals surface area contributed by atoms with Gasteiger partial charge in [-0.05, 0) is 37.8 Å². The molecule has 0 radical (unpaired) electrons. The minimum atomic E-state index is -3.49. The number of nitrogens with zero attached hydrogens (tertiary/aromatic N) is 2. The van der Waals surface area contributed by atoms with Crippen molar-refractivity contribution in [3.8, 4) is 0 Å². The maximum absolute atomic E-state index is 12.9. The molecule has 116 valence electrons. The summed E-state index contributed by atoms with van der Waals surface area (Å²) in [5.41, 5.74) is 7.97. The second-order valence-electron chi connectivity index (χ2n) is 6.11. The van der Waals surface area contributed by atoms with Crippen LogP contribution in [-0.2, 0) is 10.0 Å². The lowest BCUT2D eigenvalue weighted by molar-refractivity contribution is 0.180. The monoisotopic (exact) mass is 309 g/mol. The highest BCUT2D eigenvalue weighted by Gasteiger charge is 2.36. The Morgan fingerprint density at radius 3 is 2.19 bits per heavy atom. The van der Waals surface area contributed by atoms with Gasteiger partial charge < -0.3 is 5.73 Å². The average molecular weight is 309 g/mol. The van der Waals surface area contributed by atoms with E-state index in [4.69, 9.17) is 5.73 Å². The van der Waals surface area contributed by atoms with Crippen LogP contribution >= 0.6 is 0 Å². The molecule has 0 unspecified atom stereocenters. The van der Waals surface area contributed by atoms with Crippen molar-refractivity contribution >= 4 is 15.7 Å². The van der Waals surface area contributed by atoms with Crippen molar-refractivity contribution in [1.82, 2.24) is 9.21 Å². The van der Waals surface area contributed by atoms with Crippen LogP contribution in [0.1, 0.15) is 24.0 Å². The molecule has 2 aliphatic rings. The molecule has 1 heterocycles. The second kappa shape index (κ2) is 5.26. The van der Waals surface area contributed by atoms with Crippen LogP contribution in [0.3, 0.4) is 0 Å². The van der Waals surface area contributed by atoms with E-state index in [0.717, 1.165) is 24.2 Å². The van der Waals surface area contributed by atoms with Gasteiger partial charge in [0.15, 0.2) is 0 Å². The van der Waals surface area contributed by atoms with Crippen LogP contribution in [0.4, 0.5) is 5.69 Å².